The summed E-state index contributed by atoms with van der Waals surface area (Å²) in [5.41, 5.74) is 1.40. The van der Waals surface area contributed by atoms with Gasteiger partial charge in [0, 0.05) is 25.6 Å². The number of hydrogen-bond acceptors (Lipinski definition) is 3. The third-order valence-corrected chi connectivity index (χ3v) is 5.39. The van der Waals surface area contributed by atoms with Crippen LogP contribution in [-0.2, 0) is 9.53 Å². The summed E-state index contributed by atoms with van der Waals surface area (Å²) in [6.45, 7) is 6.94. The fraction of sp³-hybridized carbons (Fsp3) is 0.650. The molecule has 0 aromatic heterocycles. The largest absolute Gasteiger partial charge is 0.376 e. The van der Waals surface area contributed by atoms with Crippen LogP contribution in [0.3, 0.4) is 0 Å². The Bertz CT molecular complexity index is 506. The third-order valence-electron chi connectivity index (χ3n) is 5.39. The monoisotopic (exact) mass is 330 g/mol. The van der Waals surface area contributed by atoms with Gasteiger partial charge in [0.2, 0.25) is 5.91 Å². The van der Waals surface area contributed by atoms with Gasteiger partial charge in [-0.25, -0.2) is 0 Å². The predicted octanol–water partition coefficient (Wildman–Crippen LogP) is 2.80. The first kappa shape index (κ1) is 17.4. The number of piperidine rings is 1. The maximum absolute atomic E-state index is 12.3. The minimum Gasteiger partial charge on any atom is -0.376 e. The SMILES string of the molecule is C[C@@H](CN1CCC(C(=O)NC[C@H]2CCCO2)CC1)c1ccccc1. The van der Waals surface area contributed by atoms with E-state index in [9.17, 15) is 4.79 Å². The molecule has 0 aliphatic carbocycles. The van der Waals surface area contributed by atoms with Crippen molar-refractivity contribution in [3.63, 3.8) is 0 Å². The molecule has 132 valence electrons. The number of hydrogen-bond donors (Lipinski definition) is 1. The van der Waals surface area contributed by atoms with Gasteiger partial charge >= 0.3 is 0 Å². The molecule has 1 N–H and O–H groups in total. The molecule has 0 bridgehead atoms. The van der Waals surface area contributed by atoms with Gasteiger partial charge in [-0.1, -0.05) is 37.3 Å². The fourth-order valence-electron chi connectivity index (χ4n) is 3.82. The summed E-state index contributed by atoms with van der Waals surface area (Å²) in [7, 11) is 0. The van der Waals surface area contributed by atoms with Crippen LogP contribution in [0.15, 0.2) is 30.3 Å². The summed E-state index contributed by atoms with van der Waals surface area (Å²) >= 11 is 0. The Hall–Kier alpha value is -1.39. The minimum atomic E-state index is 0.176. The number of amides is 1. The molecule has 24 heavy (non-hydrogen) atoms. The van der Waals surface area contributed by atoms with Gasteiger partial charge in [-0.2, -0.15) is 0 Å². The molecule has 0 saturated carbocycles. The zero-order valence-electron chi connectivity index (χ0n) is 14.7. The van der Waals surface area contributed by atoms with Gasteiger partial charge in [0.25, 0.3) is 0 Å². The predicted molar refractivity (Wildman–Crippen MR) is 96.0 cm³/mol. The smallest absolute Gasteiger partial charge is 0.223 e. The molecule has 4 heteroatoms. The Balaban J connectivity index is 1.38. The molecule has 2 heterocycles. The first-order valence-corrected chi connectivity index (χ1v) is 9.39. The molecule has 4 nitrogen and oxygen atoms in total. The van der Waals surface area contributed by atoms with Crippen LogP contribution in [0.5, 0.6) is 0 Å². The number of carbonyl (C=O) groups excluding carboxylic acids is 1. The molecule has 2 atom stereocenters. The summed E-state index contributed by atoms with van der Waals surface area (Å²) in [4.78, 5) is 14.8. The van der Waals surface area contributed by atoms with Crippen molar-refractivity contribution in [1.29, 1.82) is 0 Å². The summed E-state index contributed by atoms with van der Waals surface area (Å²) < 4.78 is 5.57. The van der Waals surface area contributed by atoms with Crippen molar-refractivity contribution in [2.75, 3.05) is 32.8 Å². The van der Waals surface area contributed by atoms with Crippen LogP contribution in [0, 0.1) is 5.92 Å². The normalized spacial score (nSPS) is 24.0. The zero-order chi connectivity index (χ0) is 16.8. The van der Waals surface area contributed by atoms with E-state index in [-0.39, 0.29) is 17.9 Å². The molecule has 1 amide bonds. The number of likely N-dealkylation sites (tertiary alicyclic amines) is 1. The van der Waals surface area contributed by atoms with Crippen molar-refractivity contribution in [3.05, 3.63) is 35.9 Å². The topological polar surface area (TPSA) is 41.6 Å². The van der Waals surface area contributed by atoms with E-state index in [0.29, 0.717) is 12.5 Å². The van der Waals surface area contributed by atoms with Crippen molar-refractivity contribution < 1.29 is 9.53 Å². The van der Waals surface area contributed by atoms with Crippen LogP contribution < -0.4 is 5.32 Å². The summed E-state index contributed by atoms with van der Waals surface area (Å²) in [6.07, 6.45) is 4.38. The van der Waals surface area contributed by atoms with Gasteiger partial charge in [0.15, 0.2) is 0 Å². The lowest BCUT2D eigenvalue weighted by Gasteiger charge is -2.33. The Morgan fingerprint density at radius 1 is 1.25 bits per heavy atom. The molecular weight excluding hydrogens is 300 g/mol. The molecule has 3 rings (SSSR count). The van der Waals surface area contributed by atoms with Gasteiger partial charge in [0.1, 0.15) is 0 Å². The summed E-state index contributed by atoms with van der Waals surface area (Å²) in [5.74, 6) is 0.937. The Labute approximate surface area is 145 Å². The second-order valence-corrected chi connectivity index (χ2v) is 7.27. The van der Waals surface area contributed by atoms with Gasteiger partial charge in [-0.05, 0) is 50.3 Å². The highest BCUT2D eigenvalue weighted by Gasteiger charge is 2.26. The number of nitrogens with zero attached hydrogens (tertiary/aromatic N) is 1. The highest BCUT2D eigenvalue weighted by atomic mass is 16.5. The molecule has 2 fully saturated rings. The highest BCUT2D eigenvalue weighted by molar-refractivity contribution is 5.78. The lowest BCUT2D eigenvalue weighted by molar-refractivity contribution is -0.126. The molecule has 0 unspecified atom stereocenters. The molecule has 2 aliphatic heterocycles. The van der Waals surface area contributed by atoms with Crippen molar-refractivity contribution in [2.45, 2.75) is 44.6 Å². The van der Waals surface area contributed by atoms with Gasteiger partial charge in [0.05, 0.1) is 6.10 Å². The maximum atomic E-state index is 12.3. The number of benzene rings is 1. The van der Waals surface area contributed by atoms with E-state index in [1.165, 1.54) is 5.56 Å². The van der Waals surface area contributed by atoms with Crippen LogP contribution in [0.2, 0.25) is 0 Å². The van der Waals surface area contributed by atoms with E-state index in [1.54, 1.807) is 0 Å². The maximum Gasteiger partial charge on any atom is 0.223 e. The number of rotatable bonds is 6. The standard InChI is InChI=1S/C20H30N2O2/c1-16(17-6-3-2-4-7-17)15-22-11-9-18(10-12-22)20(23)21-14-19-8-5-13-24-19/h2-4,6-7,16,18-19H,5,8-15H2,1H3,(H,21,23)/t16-,19+/m0/s1. The number of nitrogens with one attached hydrogen (secondary N) is 1. The molecule has 2 saturated heterocycles. The summed E-state index contributed by atoms with van der Waals surface area (Å²) in [5, 5.41) is 3.09. The first-order valence-electron chi connectivity index (χ1n) is 9.39. The van der Waals surface area contributed by atoms with E-state index >= 15 is 0 Å². The molecule has 1 aromatic carbocycles. The molecule has 1 aromatic rings. The lowest BCUT2D eigenvalue weighted by Crippen LogP contribution is -2.43. The zero-order valence-corrected chi connectivity index (χ0v) is 14.7. The van der Waals surface area contributed by atoms with E-state index in [2.05, 4.69) is 47.5 Å². The number of carbonyl (C=O) groups is 1. The van der Waals surface area contributed by atoms with Crippen LogP contribution in [0.25, 0.3) is 0 Å². The first-order chi connectivity index (χ1) is 11.7. The van der Waals surface area contributed by atoms with Crippen LogP contribution in [0.1, 0.15) is 44.1 Å². The van der Waals surface area contributed by atoms with Crippen LogP contribution in [-0.4, -0.2) is 49.7 Å². The van der Waals surface area contributed by atoms with E-state index < -0.39 is 0 Å². The van der Waals surface area contributed by atoms with Crippen LogP contribution in [0.4, 0.5) is 0 Å². The molecule has 0 spiro atoms. The van der Waals surface area contributed by atoms with Crippen molar-refractivity contribution in [3.8, 4) is 0 Å². The second-order valence-electron chi connectivity index (χ2n) is 7.27. The fourth-order valence-corrected chi connectivity index (χ4v) is 3.82. The van der Waals surface area contributed by atoms with E-state index in [1.807, 2.05) is 0 Å². The molecular formula is C20H30N2O2. The van der Waals surface area contributed by atoms with Gasteiger partial charge in [-0.3, -0.25) is 4.79 Å². The highest BCUT2D eigenvalue weighted by Crippen LogP contribution is 2.22. The van der Waals surface area contributed by atoms with Crippen LogP contribution >= 0.6 is 0 Å². The second kappa shape index (κ2) is 8.63. The molecule has 0 radical (unpaired) electrons. The van der Waals surface area contributed by atoms with Gasteiger partial charge < -0.3 is 15.0 Å². The van der Waals surface area contributed by atoms with E-state index in [4.69, 9.17) is 4.74 Å². The molecule has 2 aliphatic rings. The van der Waals surface area contributed by atoms with Gasteiger partial charge in [-0.15, -0.1) is 0 Å². The van der Waals surface area contributed by atoms with Crippen molar-refractivity contribution in [1.82, 2.24) is 10.2 Å². The quantitative estimate of drug-likeness (QED) is 0.872. The Morgan fingerprint density at radius 2 is 2.00 bits per heavy atom. The van der Waals surface area contributed by atoms with Crippen molar-refractivity contribution >= 4 is 5.91 Å². The lowest BCUT2D eigenvalue weighted by atomic mass is 9.94. The van der Waals surface area contributed by atoms with E-state index in [0.717, 1.165) is 51.9 Å². The minimum absolute atomic E-state index is 0.176. The van der Waals surface area contributed by atoms with Crippen molar-refractivity contribution in [2.24, 2.45) is 5.92 Å². The number of ether oxygens (including phenoxy) is 1. The average molecular weight is 330 g/mol. The third kappa shape index (κ3) is 4.81. The average Bonchev–Trinajstić information content (AvgIpc) is 3.14. The summed E-state index contributed by atoms with van der Waals surface area (Å²) in [6, 6.07) is 10.7. The Morgan fingerprint density at radius 3 is 2.67 bits per heavy atom. The Kier molecular flexibility index (Phi) is 6.27.